The molecule has 4 rings (SSSR count). The zero-order valence-electron chi connectivity index (χ0n) is 10.6. The molecule has 90 valence electrons. The van der Waals surface area contributed by atoms with E-state index in [9.17, 15) is 0 Å². The Morgan fingerprint density at radius 1 is 1.17 bits per heavy atom. The topological polar surface area (TPSA) is 13.1 Å². The van der Waals surface area contributed by atoms with E-state index < -0.39 is 0 Å². The van der Waals surface area contributed by atoms with Gasteiger partial charge in [0.15, 0.2) is 6.54 Å². The van der Waals surface area contributed by atoms with E-state index in [1.54, 1.807) is 18.3 Å². The highest BCUT2D eigenvalue weighted by Gasteiger charge is 2.34. The van der Waals surface area contributed by atoms with Crippen molar-refractivity contribution in [2.45, 2.75) is 25.8 Å². The quantitative estimate of drug-likeness (QED) is 0.696. The highest BCUT2D eigenvalue weighted by Crippen LogP contribution is 2.39. The number of allylic oxidation sites excluding steroid dienone is 2. The number of methoxy groups -OCH3 is 1. The fourth-order valence-electron chi connectivity index (χ4n) is 3.40. The van der Waals surface area contributed by atoms with E-state index in [4.69, 9.17) is 4.74 Å². The van der Waals surface area contributed by atoms with Crippen molar-refractivity contribution in [3.8, 4) is 5.75 Å². The summed E-state index contributed by atoms with van der Waals surface area (Å²) in [6.45, 7) is 1.08. The molecule has 1 aliphatic heterocycles. The Morgan fingerprint density at radius 3 is 2.94 bits per heavy atom. The summed E-state index contributed by atoms with van der Waals surface area (Å²) >= 11 is 0. The Hall–Kier alpha value is -1.83. The number of hydrogen-bond donors (Lipinski definition) is 0. The Morgan fingerprint density at radius 2 is 2.06 bits per heavy atom. The van der Waals surface area contributed by atoms with Crippen LogP contribution in [-0.4, -0.2) is 7.11 Å². The molecule has 0 radical (unpaired) electrons. The molecule has 0 amide bonds. The SMILES string of the molecule is COc1cc2[n+](c3ccccc13)CC1=C2CCC1. The monoisotopic (exact) mass is 238 g/mol. The third kappa shape index (κ3) is 1.20. The van der Waals surface area contributed by atoms with Crippen molar-refractivity contribution in [2.24, 2.45) is 0 Å². The number of rotatable bonds is 1. The summed E-state index contributed by atoms with van der Waals surface area (Å²) in [5.74, 6) is 0.998. The van der Waals surface area contributed by atoms with Crippen molar-refractivity contribution in [1.82, 2.24) is 0 Å². The van der Waals surface area contributed by atoms with Crippen LogP contribution in [0.5, 0.6) is 5.75 Å². The molecule has 1 aromatic heterocycles. The summed E-state index contributed by atoms with van der Waals surface area (Å²) < 4.78 is 8.01. The van der Waals surface area contributed by atoms with Crippen LogP contribution in [0, 0.1) is 0 Å². The molecule has 0 N–H and O–H groups in total. The Labute approximate surface area is 107 Å². The van der Waals surface area contributed by atoms with Crippen molar-refractivity contribution in [3.63, 3.8) is 0 Å². The lowest BCUT2D eigenvalue weighted by molar-refractivity contribution is -0.660. The van der Waals surface area contributed by atoms with Gasteiger partial charge in [-0.2, -0.15) is 4.57 Å². The Kier molecular flexibility index (Phi) is 2.01. The third-order valence-corrected chi connectivity index (χ3v) is 4.23. The van der Waals surface area contributed by atoms with Gasteiger partial charge in [0.1, 0.15) is 5.75 Å². The van der Waals surface area contributed by atoms with Gasteiger partial charge < -0.3 is 4.74 Å². The largest absolute Gasteiger partial charge is 0.496 e. The van der Waals surface area contributed by atoms with Gasteiger partial charge in [-0.15, -0.1) is 0 Å². The van der Waals surface area contributed by atoms with Gasteiger partial charge in [-0.05, 0) is 25.3 Å². The number of pyridine rings is 1. The summed E-state index contributed by atoms with van der Waals surface area (Å²) in [4.78, 5) is 0. The fraction of sp³-hybridized carbons (Fsp3) is 0.312. The molecule has 0 saturated carbocycles. The van der Waals surface area contributed by atoms with E-state index in [1.807, 2.05) is 0 Å². The first-order valence-electron chi connectivity index (χ1n) is 6.59. The number of aromatic nitrogens is 1. The van der Waals surface area contributed by atoms with Crippen molar-refractivity contribution in [3.05, 3.63) is 41.6 Å². The third-order valence-electron chi connectivity index (χ3n) is 4.23. The summed E-state index contributed by atoms with van der Waals surface area (Å²) in [6.07, 6.45) is 3.82. The van der Waals surface area contributed by atoms with Crippen LogP contribution >= 0.6 is 0 Å². The molecule has 2 aromatic rings. The van der Waals surface area contributed by atoms with E-state index in [1.165, 1.54) is 35.9 Å². The smallest absolute Gasteiger partial charge is 0.217 e. The summed E-state index contributed by atoms with van der Waals surface area (Å²) in [7, 11) is 1.76. The van der Waals surface area contributed by atoms with E-state index >= 15 is 0 Å². The highest BCUT2D eigenvalue weighted by molar-refractivity contribution is 5.85. The highest BCUT2D eigenvalue weighted by atomic mass is 16.5. The lowest BCUT2D eigenvalue weighted by Crippen LogP contribution is -2.35. The average molecular weight is 238 g/mol. The molecule has 0 fully saturated rings. The zero-order valence-corrected chi connectivity index (χ0v) is 10.6. The van der Waals surface area contributed by atoms with Crippen molar-refractivity contribution in [1.29, 1.82) is 0 Å². The minimum atomic E-state index is 0.998. The van der Waals surface area contributed by atoms with Gasteiger partial charge >= 0.3 is 0 Å². The normalized spacial score (nSPS) is 17.2. The molecule has 0 spiro atoms. The Balaban J connectivity index is 2.06. The van der Waals surface area contributed by atoms with Gasteiger partial charge in [0.05, 0.1) is 18.6 Å². The summed E-state index contributed by atoms with van der Waals surface area (Å²) in [5, 5.41) is 1.21. The van der Waals surface area contributed by atoms with Crippen LogP contribution in [0.25, 0.3) is 16.5 Å². The molecule has 1 aliphatic carbocycles. The molecule has 0 bridgehead atoms. The molecule has 2 aliphatic rings. The maximum atomic E-state index is 5.57. The second kappa shape index (κ2) is 3.58. The fourth-order valence-corrected chi connectivity index (χ4v) is 3.40. The van der Waals surface area contributed by atoms with Gasteiger partial charge in [-0.25, -0.2) is 0 Å². The lowest BCUT2D eigenvalue weighted by Gasteiger charge is -2.07. The van der Waals surface area contributed by atoms with Gasteiger partial charge in [-0.3, -0.25) is 0 Å². The molecule has 2 nitrogen and oxygen atoms in total. The first-order chi connectivity index (χ1) is 8.88. The van der Waals surface area contributed by atoms with Crippen LogP contribution in [0.1, 0.15) is 25.0 Å². The van der Waals surface area contributed by atoms with E-state index in [0.717, 1.165) is 12.3 Å². The molecule has 0 unspecified atom stereocenters. The van der Waals surface area contributed by atoms with Gasteiger partial charge in [0.2, 0.25) is 11.2 Å². The van der Waals surface area contributed by atoms with Crippen LogP contribution in [0.2, 0.25) is 0 Å². The maximum Gasteiger partial charge on any atom is 0.217 e. The number of benzene rings is 1. The summed E-state index contributed by atoms with van der Waals surface area (Å²) in [6, 6.07) is 10.7. The standard InChI is InChI=1S/C16H16NO/c1-18-16-9-15-12-7-4-5-11(12)10-17(15)14-8-3-2-6-13(14)16/h2-3,6,8-9H,4-5,7,10H2,1H3/q+1. The number of ether oxygens (including phenoxy) is 1. The summed E-state index contributed by atoms with van der Waals surface area (Å²) in [5.41, 5.74) is 5.87. The molecule has 18 heavy (non-hydrogen) atoms. The molecular weight excluding hydrogens is 222 g/mol. The molecule has 0 atom stereocenters. The first-order valence-corrected chi connectivity index (χ1v) is 6.59. The molecule has 0 saturated heterocycles. The molecule has 2 heterocycles. The minimum Gasteiger partial charge on any atom is -0.496 e. The van der Waals surface area contributed by atoms with E-state index in [2.05, 4.69) is 34.9 Å². The number of hydrogen-bond acceptors (Lipinski definition) is 1. The average Bonchev–Trinajstić information content (AvgIpc) is 2.98. The van der Waals surface area contributed by atoms with Gasteiger partial charge in [0.25, 0.3) is 0 Å². The van der Waals surface area contributed by atoms with Crippen molar-refractivity contribution < 1.29 is 9.30 Å². The predicted octanol–water partition coefficient (Wildman–Crippen LogP) is 3.09. The van der Waals surface area contributed by atoms with E-state index in [0.29, 0.717) is 0 Å². The van der Waals surface area contributed by atoms with Gasteiger partial charge in [-0.1, -0.05) is 12.1 Å². The second-order valence-electron chi connectivity index (χ2n) is 5.14. The van der Waals surface area contributed by atoms with E-state index in [-0.39, 0.29) is 0 Å². The lowest BCUT2D eigenvalue weighted by atomic mass is 10.1. The van der Waals surface area contributed by atoms with Crippen LogP contribution in [0.15, 0.2) is 35.9 Å². The van der Waals surface area contributed by atoms with Crippen LogP contribution in [0.3, 0.4) is 0 Å². The maximum absolute atomic E-state index is 5.57. The minimum absolute atomic E-state index is 0.998. The number of fused-ring (bicyclic) bond motifs is 4. The van der Waals surface area contributed by atoms with Crippen LogP contribution < -0.4 is 9.30 Å². The number of nitrogens with zero attached hydrogens (tertiary/aromatic N) is 1. The van der Waals surface area contributed by atoms with Gasteiger partial charge in [0, 0.05) is 17.2 Å². The van der Waals surface area contributed by atoms with Crippen molar-refractivity contribution >= 4 is 16.5 Å². The first kappa shape index (κ1) is 10.1. The zero-order chi connectivity index (χ0) is 12.1. The van der Waals surface area contributed by atoms with Crippen LogP contribution in [-0.2, 0) is 6.54 Å². The second-order valence-corrected chi connectivity index (χ2v) is 5.14. The Bertz CT molecular complexity index is 685. The number of para-hydroxylation sites is 1. The van der Waals surface area contributed by atoms with Crippen LogP contribution in [0.4, 0.5) is 0 Å². The predicted molar refractivity (Wildman–Crippen MR) is 71.5 cm³/mol. The molecule has 2 heteroatoms. The molecule has 1 aromatic carbocycles. The molecular formula is C16H16NO+. The van der Waals surface area contributed by atoms with Crippen molar-refractivity contribution in [2.75, 3.05) is 7.11 Å².